The standard InChI is InChI=1S/C14H20N6.C12H16/c15-7-6-10(9-4-2-1-3-5-9)11-8-12(16)19-14(20-18)13(11)17;1-3-7-11(8-4-1)12-9-5-2-6-10-12/h1-5,8,10H,6-7,15,17-18H2,(H3,16,19,20);1,3-4,7-8,12H,2,5-6,9-10H2. The summed E-state index contributed by atoms with van der Waals surface area (Å²) >= 11 is 0. The zero-order valence-corrected chi connectivity index (χ0v) is 18.7. The quantitative estimate of drug-likeness (QED) is 0.282. The molecule has 6 heteroatoms. The summed E-state index contributed by atoms with van der Waals surface area (Å²) in [5.41, 5.74) is 24.2. The van der Waals surface area contributed by atoms with Crippen LogP contribution < -0.4 is 28.5 Å². The van der Waals surface area contributed by atoms with Gasteiger partial charge >= 0.3 is 0 Å². The number of nitrogen functional groups attached to an aromatic ring is 3. The van der Waals surface area contributed by atoms with Gasteiger partial charge in [-0.2, -0.15) is 0 Å². The monoisotopic (exact) mass is 432 g/mol. The molecule has 0 bridgehead atoms. The average Bonchev–Trinajstić information content (AvgIpc) is 2.86. The predicted octanol–water partition coefficient (Wildman–Crippen LogP) is 4.75. The summed E-state index contributed by atoms with van der Waals surface area (Å²) in [6, 6.07) is 22.8. The summed E-state index contributed by atoms with van der Waals surface area (Å²) in [6.07, 6.45) is 7.89. The summed E-state index contributed by atoms with van der Waals surface area (Å²) in [4.78, 5) is 4.07. The number of nitrogens with one attached hydrogen (secondary N) is 1. The van der Waals surface area contributed by atoms with Gasteiger partial charge in [-0.15, -0.1) is 0 Å². The van der Waals surface area contributed by atoms with Crippen LogP contribution in [0.15, 0.2) is 66.7 Å². The number of pyridine rings is 1. The van der Waals surface area contributed by atoms with Crippen LogP contribution in [0.3, 0.4) is 0 Å². The van der Waals surface area contributed by atoms with Crippen LogP contribution in [0.2, 0.25) is 0 Å². The maximum absolute atomic E-state index is 6.13. The zero-order valence-electron chi connectivity index (χ0n) is 18.7. The molecule has 0 spiro atoms. The van der Waals surface area contributed by atoms with E-state index in [2.05, 4.69) is 40.7 Å². The van der Waals surface area contributed by atoms with E-state index >= 15 is 0 Å². The fourth-order valence-electron chi connectivity index (χ4n) is 4.51. The lowest BCUT2D eigenvalue weighted by Crippen LogP contribution is -2.16. The van der Waals surface area contributed by atoms with Crippen molar-refractivity contribution < 1.29 is 0 Å². The van der Waals surface area contributed by atoms with Crippen molar-refractivity contribution in [3.63, 3.8) is 0 Å². The highest BCUT2D eigenvalue weighted by Crippen LogP contribution is 2.35. The summed E-state index contributed by atoms with van der Waals surface area (Å²) in [5.74, 6) is 7.12. The molecule has 0 radical (unpaired) electrons. The number of nitrogens with zero attached hydrogens (tertiary/aromatic N) is 1. The minimum Gasteiger partial charge on any atom is -0.395 e. The zero-order chi connectivity index (χ0) is 22.8. The minimum atomic E-state index is 0.0681. The van der Waals surface area contributed by atoms with E-state index < -0.39 is 0 Å². The van der Waals surface area contributed by atoms with E-state index in [1.807, 2.05) is 30.3 Å². The number of hydrazine groups is 1. The first-order valence-corrected chi connectivity index (χ1v) is 11.5. The Bertz CT molecular complexity index is 939. The number of benzene rings is 2. The third-order valence-corrected chi connectivity index (χ3v) is 6.16. The van der Waals surface area contributed by atoms with Crippen molar-refractivity contribution in [2.24, 2.45) is 11.6 Å². The van der Waals surface area contributed by atoms with Gasteiger partial charge in [0.2, 0.25) is 0 Å². The normalized spacial score (nSPS) is 14.8. The van der Waals surface area contributed by atoms with Crippen LogP contribution in [0.4, 0.5) is 17.3 Å². The van der Waals surface area contributed by atoms with Gasteiger partial charge in [0.15, 0.2) is 5.82 Å². The van der Waals surface area contributed by atoms with E-state index in [9.17, 15) is 0 Å². The molecule has 4 rings (SSSR count). The first-order valence-electron chi connectivity index (χ1n) is 11.5. The van der Waals surface area contributed by atoms with Gasteiger partial charge in [0.1, 0.15) is 5.82 Å². The van der Waals surface area contributed by atoms with Gasteiger partial charge in [-0.1, -0.05) is 79.9 Å². The first kappa shape index (κ1) is 23.6. The summed E-state index contributed by atoms with van der Waals surface area (Å²) in [5, 5.41) is 0. The highest BCUT2D eigenvalue weighted by atomic mass is 15.3. The predicted molar refractivity (Wildman–Crippen MR) is 135 cm³/mol. The molecule has 170 valence electrons. The van der Waals surface area contributed by atoms with Crippen molar-refractivity contribution >= 4 is 17.3 Å². The second-order valence-corrected chi connectivity index (χ2v) is 8.33. The molecule has 1 heterocycles. The second-order valence-electron chi connectivity index (χ2n) is 8.33. The van der Waals surface area contributed by atoms with E-state index in [0.717, 1.165) is 23.5 Å². The van der Waals surface area contributed by atoms with Gasteiger partial charge < -0.3 is 22.6 Å². The Morgan fingerprint density at radius 1 is 0.906 bits per heavy atom. The molecule has 3 aromatic rings. The molecule has 1 aliphatic rings. The Balaban J connectivity index is 0.000000204. The number of anilines is 3. The summed E-state index contributed by atoms with van der Waals surface area (Å²) < 4.78 is 0. The Hall–Kier alpha value is -3.09. The number of hydrogen-bond acceptors (Lipinski definition) is 6. The summed E-state index contributed by atoms with van der Waals surface area (Å²) in [7, 11) is 0. The van der Waals surface area contributed by atoms with Crippen LogP contribution >= 0.6 is 0 Å². The van der Waals surface area contributed by atoms with Gasteiger partial charge in [0.25, 0.3) is 0 Å². The Morgan fingerprint density at radius 3 is 2.12 bits per heavy atom. The maximum Gasteiger partial charge on any atom is 0.165 e. The lowest BCUT2D eigenvalue weighted by Gasteiger charge is -2.21. The van der Waals surface area contributed by atoms with Crippen molar-refractivity contribution in [2.45, 2.75) is 50.4 Å². The minimum absolute atomic E-state index is 0.0681. The van der Waals surface area contributed by atoms with Gasteiger partial charge in [-0.3, -0.25) is 0 Å². The van der Waals surface area contributed by atoms with Crippen LogP contribution in [-0.2, 0) is 0 Å². The average molecular weight is 433 g/mol. The fraction of sp³-hybridized carbons (Fsp3) is 0.346. The number of hydrogen-bond donors (Lipinski definition) is 5. The van der Waals surface area contributed by atoms with E-state index in [1.165, 1.54) is 32.1 Å². The number of nitrogens with two attached hydrogens (primary N) is 4. The van der Waals surface area contributed by atoms with Crippen molar-refractivity contribution in [2.75, 3.05) is 23.4 Å². The smallest absolute Gasteiger partial charge is 0.165 e. The van der Waals surface area contributed by atoms with Gasteiger partial charge in [-0.05, 0) is 54.5 Å². The van der Waals surface area contributed by atoms with Crippen molar-refractivity contribution in [3.8, 4) is 0 Å². The highest BCUT2D eigenvalue weighted by Gasteiger charge is 2.19. The number of rotatable bonds is 6. The summed E-state index contributed by atoms with van der Waals surface area (Å²) in [6.45, 7) is 0.548. The Morgan fingerprint density at radius 2 is 1.53 bits per heavy atom. The van der Waals surface area contributed by atoms with E-state index in [0.29, 0.717) is 23.9 Å². The first-order chi connectivity index (χ1) is 15.6. The van der Waals surface area contributed by atoms with Gasteiger partial charge in [0, 0.05) is 5.92 Å². The van der Waals surface area contributed by atoms with Crippen LogP contribution in [0.1, 0.15) is 67.1 Å². The van der Waals surface area contributed by atoms with Crippen LogP contribution in [0.25, 0.3) is 0 Å². The molecule has 9 N–H and O–H groups in total. The number of aromatic nitrogens is 1. The molecule has 1 fully saturated rings. The molecule has 0 saturated heterocycles. The Labute approximate surface area is 191 Å². The van der Waals surface area contributed by atoms with Crippen LogP contribution in [0.5, 0.6) is 0 Å². The maximum atomic E-state index is 6.13. The fourth-order valence-corrected chi connectivity index (χ4v) is 4.51. The molecule has 0 aliphatic heterocycles. The molecule has 1 atom stereocenters. The third kappa shape index (κ3) is 6.22. The molecular weight excluding hydrogens is 396 g/mol. The SMILES string of the molecule is NCCC(c1ccccc1)c1cc(N)nc(NN)c1N.c1ccc(C2CCCCC2)cc1. The van der Waals surface area contributed by atoms with Crippen LogP contribution in [-0.4, -0.2) is 11.5 Å². The lowest BCUT2D eigenvalue weighted by molar-refractivity contribution is 0.443. The highest BCUT2D eigenvalue weighted by molar-refractivity contribution is 5.70. The molecule has 1 aromatic heterocycles. The van der Waals surface area contributed by atoms with Gasteiger partial charge in [0.05, 0.1) is 5.69 Å². The second kappa shape index (κ2) is 12.1. The van der Waals surface area contributed by atoms with Gasteiger partial charge in [-0.25, -0.2) is 10.8 Å². The van der Waals surface area contributed by atoms with E-state index in [1.54, 1.807) is 11.6 Å². The molecule has 1 saturated carbocycles. The molecule has 2 aromatic carbocycles. The molecule has 32 heavy (non-hydrogen) atoms. The largest absolute Gasteiger partial charge is 0.395 e. The van der Waals surface area contributed by atoms with E-state index in [4.69, 9.17) is 23.0 Å². The topological polar surface area (TPSA) is 129 Å². The van der Waals surface area contributed by atoms with Crippen molar-refractivity contribution in [3.05, 3.63) is 83.4 Å². The molecule has 6 nitrogen and oxygen atoms in total. The van der Waals surface area contributed by atoms with E-state index in [-0.39, 0.29) is 5.92 Å². The third-order valence-electron chi connectivity index (χ3n) is 6.16. The molecule has 1 unspecified atom stereocenters. The lowest BCUT2D eigenvalue weighted by atomic mass is 9.84. The molecule has 0 amide bonds. The molecule has 1 aliphatic carbocycles. The molecular formula is C26H36N6. The Kier molecular flexibility index (Phi) is 8.90. The van der Waals surface area contributed by atoms with Crippen molar-refractivity contribution in [1.29, 1.82) is 0 Å². The van der Waals surface area contributed by atoms with Crippen LogP contribution in [0, 0.1) is 0 Å². The van der Waals surface area contributed by atoms with Crippen molar-refractivity contribution in [1.82, 2.24) is 4.98 Å².